The molecule has 8 nitrogen and oxygen atoms in total. The quantitative estimate of drug-likeness (QED) is 0.361. The van der Waals surface area contributed by atoms with Crippen molar-refractivity contribution < 1.29 is 24.2 Å². The maximum absolute atomic E-state index is 14.9. The van der Waals surface area contributed by atoms with Crippen molar-refractivity contribution in [1.29, 1.82) is 0 Å². The Morgan fingerprint density at radius 1 is 1.05 bits per heavy atom. The van der Waals surface area contributed by atoms with Crippen LogP contribution in [-0.2, 0) is 25.7 Å². The van der Waals surface area contributed by atoms with E-state index in [0.29, 0.717) is 32.4 Å². The molecular weight excluding hydrogens is 554 g/mol. The molecule has 5 rings (SSSR count). The number of carbonyl (C=O) groups excluding carboxylic acids is 3. The van der Waals surface area contributed by atoms with Gasteiger partial charge in [0.25, 0.3) is 5.91 Å². The van der Waals surface area contributed by atoms with E-state index >= 15 is 0 Å². The lowest BCUT2D eigenvalue weighted by Crippen LogP contribution is -2.59. The van der Waals surface area contributed by atoms with Gasteiger partial charge in [0.1, 0.15) is 11.6 Å². The van der Waals surface area contributed by atoms with Crippen molar-refractivity contribution in [2.45, 2.75) is 76.8 Å². The second kappa shape index (κ2) is 12.3. The number of likely N-dealkylation sites (tertiary alicyclic amines) is 1. The minimum absolute atomic E-state index is 0.182. The minimum Gasteiger partial charge on any atom is -0.394 e. The molecule has 3 aliphatic heterocycles. The van der Waals surface area contributed by atoms with E-state index < -0.39 is 35.1 Å². The molecule has 2 unspecified atom stereocenters. The fraction of sp³-hybridized carbons (Fsp3) is 0.472. The monoisotopic (exact) mass is 599 g/mol. The Kier molecular flexibility index (Phi) is 8.87. The Morgan fingerprint density at radius 3 is 2.30 bits per heavy atom. The number of rotatable bonds is 12. The molecule has 2 bridgehead atoms. The average molecular weight is 600 g/mol. The summed E-state index contributed by atoms with van der Waals surface area (Å²) in [6.45, 7) is 16.1. The molecule has 44 heavy (non-hydrogen) atoms. The highest BCUT2D eigenvalue weighted by atomic mass is 16.5. The van der Waals surface area contributed by atoms with Gasteiger partial charge >= 0.3 is 0 Å². The third-order valence-corrected chi connectivity index (χ3v) is 9.95. The molecule has 3 amide bonds. The minimum atomic E-state index is -1.20. The van der Waals surface area contributed by atoms with Crippen molar-refractivity contribution in [2.24, 2.45) is 11.8 Å². The average Bonchev–Trinajstić information content (AvgIpc) is 3.58. The number of anilines is 1. The van der Waals surface area contributed by atoms with Crippen molar-refractivity contribution in [3.05, 3.63) is 90.5 Å². The van der Waals surface area contributed by atoms with Crippen molar-refractivity contribution in [1.82, 2.24) is 9.80 Å². The number of ether oxygens (including phenoxy) is 1. The number of nitrogens with zero attached hydrogens (tertiary/aromatic N) is 3. The van der Waals surface area contributed by atoms with Crippen LogP contribution in [0.25, 0.3) is 0 Å². The zero-order chi connectivity index (χ0) is 31.8. The first-order chi connectivity index (χ1) is 21.1. The number of fused-ring (bicyclic) bond motifs is 1. The molecule has 3 fully saturated rings. The number of hydrogen-bond donors (Lipinski definition) is 1. The summed E-state index contributed by atoms with van der Waals surface area (Å²) in [6.07, 6.45) is 4.83. The van der Waals surface area contributed by atoms with Crippen LogP contribution >= 0.6 is 0 Å². The summed E-state index contributed by atoms with van der Waals surface area (Å²) < 4.78 is 6.89. The number of hydrogen-bond acceptors (Lipinski definition) is 5. The van der Waals surface area contributed by atoms with Crippen LogP contribution in [0.2, 0.25) is 0 Å². The first-order valence-electron chi connectivity index (χ1n) is 15.6. The van der Waals surface area contributed by atoms with Crippen LogP contribution in [0.15, 0.2) is 73.8 Å². The highest BCUT2D eigenvalue weighted by molar-refractivity contribution is 6.06. The molecule has 3 saturated heterocycles. The second-order valence-electron chi connectivity index (χ2n) is 12.7. The zero-order valence-electron chi connectivity index (χ0n) is 26.4. The lowest BCUT2D eigenvalue weighted by Gasteiger charge is -2.39. The van der Waals surface area contributed by atoms with Crippen LogP contribution in [-0.4, -0.2) is 75.6 Å². The highest BCUT2D eigenvalue weighted by Gasteiger charge is 2.78. The van der Waals surface area contributed by atoms with Gasteiger partial charge < -0.3 is 24.5 Å². The summed E-state index contributed by atoms with van der Waals surface area (Å²) >= 11 is 0. The highest BCUT2D eigenvalue weighted by Crippen LogP contribution is 2.64. The fourth-order valence-electron chi connectivity index (χ4n) is 8.01. The van der Waals surface area contributed by atoms with Gasteiger partial charge in [0.15, 0.2) is 0 Å². The Bertz CT molecular complexity index is 1420. The molecule has 0 aromatic heterocycles. The molecule has 6 atom stereocenters. The number of aliphatic hydroxyl groups is 1. The van der Waals surface area contributed by atoms with Crippen molar-refractivity contribution >= 4 is 23.4 Å². The van der Waals surface area contributed by atoms with Gasteiger partial charge in [-0.1, -0.05) is 67.6 Å². The van der Waals surface area contributed by atoms with Gasteiger partial charge in [0.05, 0.1) is 30.1 Å². The molecule has 2 aromatic rings. The SMILES string of the molecule is C=CCN(Cc1ccccc1)C(=O)[C@H]1[C@H]2C(=O)N([C@@H](CC)CO)C(C(=O)N(CC=C)c3c(C)cccc3C)C23CC[C@]1(C)O3. The van der Waals surface area contributed by atoms with E-state index in [2.05, 4.69) is 13.2 Å². The normalized spacial score (nSPS) is 27.6. The van der Waals surface area contributed by atoms with Crippen LogP contribution in [0.3, 0.4) is 0 Å². The maximum atomic E-state index is 14.9. The Balaban J connectivity index is 1.61. The molecule has 2 aromatic carbocycles. The summed E-state index contributed by atoms with van der Waals surface area (Å²) in [4.78, 5) is 49.1. The number of aliphatic hydroxyl groups excluding tert-OH is 1. The van der Waals surface area contributed by atoms with Gasteiger partial charge in [0, 0.05) is 25.3 Å². The summed E-state index contributed by atoms with van der Waals surface area (Å²) in [5.41, 5.74) is 1.48. The third kappa shape index (κ3) is 4.98. The van der Waals surface area contributed by atoms with Crippen LogP contribution in [0.1, 0.15) is 49.8 Å². The maximum Gasteiger partial charge on any atom is 0.253 e. The van der Waals surface area contributed by atoms with Crippen LogP contribution in [0, 0.1) is 25.7 Å². The van der Waals surface area contributed by atoms with E-state index in [-0.39, 0.29) is 30.9 Å². The first-order valence-corrected chi connectivity index (χ1v) is 15.6. The van der Waals surface area contributed by atoms with Gasteiger partial charge in [-0.05, 0) is 56.7 Å². The van der Waals surface area contributed by atoms with Crippen molar-refractivity contribution in [3.63, 3.8) is 0 Å². The Labute approximate surface area is 261 Å². The van der Waals surface area contributed by atoms with E-state index in [1.54, 1.807) is 26.9 Å². The van der Waals surface area contributed by atoms with E-state index in [9.17, 15) is 19.5 Å². The molecular formula is C36H45N3O5. The summed E-state index contributed by atoms with van der Waals surface area (Å²) in [6, 6.07) is 14.0. The molecule has 1 spiro atoms. The van der Waals surface area contributed by atoms with E-state index in [4.69, 9.17) is 4.74 Å². The molecule has 3 heterocycles. The Morgan fingerprint density at radius 2 is 1.70 bits per heavy atom. The van der Waals surface area contributed by atoms with E-state index in [1.807, 2.05) is 76.2 Å². The molecule has 0 aliphatic carbocycles. The van der Waals surface area contributed by atoms with Gasteiger partial charge in [0.2, 0.25) is 11.8 Å². The predicted octanol–water partition coefficient (Wildman–Crippen LogP) is 4.57. The van der Waals surface area contributed by atoms with E-state index in [0.717, 1.165) is 22.4 Å². The standard InChI is InChI=1S/C36H45N3O5/c1-7-20-37(22-26-16-11-10-12-17-26)32(41)28-29-33(42)39(27(9-3)23-40)31(36(29)19-18-35(28,6)44-36)34(43)38(21-8-2)30-24(4)14-13-15-25(30)5/h7-8,10-17,27-29,31,40H,1-2,9,18-23H2,3-6H3/t27-,28+,29-,31?,35-,36?/m0/s1. The van der Waals surface area contributed by atoms with Crippen LogP contribution < -0.4 is 4.90 Å². The topological polar surface area (TPSA) is 90.4 Å². The summed E-state index contributed by atoms with van der Waals surface area (Å²) in [5.74, 6) is -2.40. The molecule has 0 saturated carbocycles. The number of aryl methyl sites for hydroxylation is 2. The van der Waals surface area contributed by atoms with Gasteiger partial charge in [-0.2, -0.15) is 0 Å². The van der Waals surface area contributed by atoms with Crippen molar-refractivity contribution in [2.75, 3.05) is 24.6 Å². The molecule has 234 valence electrons. The molecule has 1 N–H and O–H groups in total. The Hall–Kier alpha value is -3.75. The smallest absolute Gasteiger partial charge is 0.253 e. The summed E-state index contributed by atoms with van der Waals surface area (Å²) in [5, 5.41) is 10.5. The van der Waals surface area contributed by atoms with Gasteiger partial charge in [-0.15, -0.1) is 13.2 Å². The number of carbonyl (C=O) groups is 3. The summed E-state index contributed by atoms with van der Waals surface area (Å²) in [7, 11) is 0. The van der Waals surface area contributed by atoms with Crippen LogP contribution in [0.5, 0.6) is 0 Å². The zero-order valence-corrected chi connectivity index (χ0v) is 26.4. The second-order valence-corrected chi connectivity index (χ2v) is 12.7. The molecule has 0 radical (unpaired) electrons. The van der Waals surface area contributed by atoms with Crippen LogP contribution in [0.4, 0.5) is 5.69 Å². The fourth-order valence-corrected chi connectivity index (χ4v) is 8.01. The van der Waals surface area contributed by atoms with E-state index in [1.165, 1.54) is 0 Å². The molecule has 8 heteroatoms. The largest absolute Gasteiger partial charge is 0.394 e. The van der Waals surface area contributed by atoms with Gasteiger partial charge in [-0.25, -0.2) is 0 Å². The first kappa shape index (κ1) is 31.7. The predicted molar refractivity (Wildman–Crippen MR) is 171 cm³/mol. The number of benzene rings is 2. The van der Waals surface area contributed by atoms with Crippen molar-refractivity contribution in [3.8, 4) is 0 Å². The van der Waals surface area contributed by atoms with Gasteiger partial charge in [-0.3, -0.25) is 14.4 Å². The number of amides is 3. The molecule has 3 aliphatic rings. The lowest BCUT2D eigenvalue weighted by atomic mass is 9.66. The third-order valence-electron chi connectivity index (χ3n) is 9.95. The lowest BCUT2D eigenvalue weighted by molar-refractivity contribution is -0.152. The number of para-hydroxylation sites is 1.